The number of hydrogen-bond donors (Lipinski definition) is 1. The standard InChI is InChI=1S/C18H17ClF3NO2/c1-3-16(25-14-7-8-15(19)11(2)9-14)17(24)23-13-6-4-5-12(10-13)18(20,21)22/h4-10,16H,3H2,1-2H3,(H,23,24). The van der Waals surface area contributed by atoms with Crippen molar-refractivity contribution in [1.82, 2.24) is 0 Å². The molecule has 0 saturated carbocycles. The van der Waals surface area contributed by atoms with Crippen LogP contribution in [0.4, 0.5) is 18.9 Å². The Morgan fingerprint density at radius 1 is 1.24 bits per heavy atom. The van der Waals surface area contributed by atoms with Crippen LogP contribution in [0.15, 0.2) is 42.5 Å². The fraction of sp³-hybridized carbons (Fsp3) is 0.278. The van der Waals surface area contributed by atoms with Crippen molar-refractivity contribution in [2.45, 2.75) is 32.5 Å². The van der Waals surface area contributed by atoms with Gasteiger partial charge >= 0.3 is 6.18 Å². The number of rotatable bonds is 5. The van der Waals surface area contributed by atoms with E-state index in [0.29, 0.717) is 17.2 Å². The molecule has 2 aromatic rings. The summed E-state index contributed by atoms with van der Waals surface area (Å²) >= 11 is 5.95. The fourth-order valence-corrected chi connectivity index (χ4v) is 2.29. The van der Waals surface area contributed by atoms with Crippen molar-refractivity contribution in [3.8, 4) is 5.75 Å². The van der Waals surface area contributed by atoms with Gasteiger partial charge in [0.2, 0.25) is 0 Å². The zero-order chi connectivity index (χ0) is 18.6. The van der Waals surface area contributed by atoms with Gasteiger partial charge in [0.1, 0.15) is 5.75 Å². The van der Waals surface area contributed by atoms with Crippen LogP contribution in [0.1, 0.15) is 24.5 Å². The SMILES string of the molecule is CCC(Oc1ccc(Cl)c(C)c1)C(=O)Nc1cccc(C(F)(F)F)c1. The van der Waals surface area contributed by atoms with Crippen molar-refractivity contribution in [2.75, 3.05) is 5.32 Å². The minimum Gasteiger partial charge on any atom is -0.481 e. The topological polar surface area (TPSA) is 38.3 Å². The van der Waals surface area contributed by atoms with Gasteiger partial charge in [0, 0.05) is 10.7 Å². The molecule has 0 radical (unpaired) electrons. The van der Waals surface area contributed by atoms with E-state index in [1.807, 2.05) is 0 Å². The fourth-order valence-electron chi connectivity index (χ4n) is 2.17. The molecule has 0 aliphatic carbocycles. The number of alkyl halides is 3. The van der Waals surface area contributed by atoms with Gasteiger partial charge in [-0.25, -0.2) is 0 Å². The maximum atomic E-state index is 12.7. The summed E-state index contributed by atoms with van der Waals surface area (Å²) in [5.74, 6) is -0.0534. The normalized spacial score (nSPS) is 12.6. The van der Waals surface area contributed by atoms with Crippen molar-refractivity contribution in [3.63, 3.8) is 0 Å². The van der Waals surface area contributed by atoms with Gasteiger partial charge in [-0.2, -0.15) is 13.2 Å². The van der Waals surface area contributed by atoms with E-state index in [9.17, 15) is 18.0 Å². The van der Waals surface area contributed by atoms with Gasteiger partial charge in [0.05, 0.1) is 5.56 Å². The number of carbonyl (C=O) groups is 1. The second kappa shape index (κ2) is 7.78. The number of benzene rings is 2. The monoisotopic (exact) mass is 371 g/mol. The lowest BCUT2D eigenvalue weighted by molar-refractivity contribution is -0.137. The predicted octanol–water partition coefficient (Wildman–Crippen LogP) is 5.46. The molecule has 134 valence electrons. The van der Waals surface area contributed by atoms with E-state index in [4.69, 9.17) is 16.3 Å². The molecule has 1 amide bonds. The first kappa shape index (κ1) is 19.1. The molecule has 3 nitrogen and oxygen atoms in total. The maximum absolute atomic E-state index is 12.7. The Kier molecular flexibility index (Phi) is 5.95. The first-order valence-electron chi connectivity index (χ1n) is 7.61. The second-order valence-corrected chi connectivity index (χ2v) is 5.90. The summed E-state index contributed by atoms with van der Waals surface area (Å²) in [6.45, 7) is 3.55. The average Bonchev–Trinajstić information content (AvgIpc) is 2.55. The number of amides is 1. The van der Waals surface area contributed by atoms with Gasteiger partial charge < -0.3 is 10.1 Å². The third-order valence-electron chi connectivity index (χ3n) is 3.53. The molecule has 0 fully saturated rings. The Morgan fingerprint density at radius 2 is 1.96 bits per heavy atom. The highest BCUT2D eigenvalue weighted by molar-refractivity contribution is 6.31. The molecular weight excluding hydrogens is 355 g/mol. The molecule has 0 spiro atoms. The lowest BCUT2D eigenvalue weighted by Gasteiger charge is -2.18. The zero-order valence-electron chi connectivity index (χ0n) is 13.7. The highest BCUT2D eigenvalue weighted by atomic mass is 35.5. The van der Waals surface area contributed by atoms with Crippen LogP contribution < -0.4 is 10.1 Å². The van der Waals surface area contributed by atoms with E-state index < -0.39 is 23.8 Å². The molecule has 0 aliphatic rings. The quantitative estimate of drug-likeness (QED) is 0.757. The van der Waals surface area contributed by atoms with Crippen LogP contribution >= 0.6 is 11.6 Å². The Bertz CT molecular complexity index is 762. The second-order valence-electron chi connectivity index (χ2n) is 5.49. The van der Waals surface area contributed by atoms with E-state index in [1.165, 1.54) is 12.1 Å². The summed E-state index contributed by atoms with van der Waals surface area (Å²) < 4.78 is 43.9. The molecule has 0 aliphatic heterocycles. The Hall–Kier alpha value is -2.21. The molecule has 25 heavy (non-hydrogen) atoms. The molecule has 1 unspecified atom stereocenters. The number of carbonyl (C=O) groups excluding carboxylic acids is 1. The Balaban J connectivity index is 2.11. The number of nitrogens with one attached hydrogen (secondary N) is 1. The van der Waals surface area contributed by atoms with Crippen molar-refractivity contribution in [1.29, 1.82) is 0 Å². The van der Waals surface area contributed by atoms with Crippen molar-refractivity contribution in [3.05, 3.63) is 58.6 Å². The lowest BCUT2D eigenvalue weighted by atomic mass is 10.2. The van der Waals surface area contributed by atoms with Crippen LogP contribution in [0.3, 0.4) is 0 Å². The van der Waals surface area contributed by atoms with Gasteiger partial charge in [-0.1, -0.05) is 24.6 Å². The van der Waals surface area contributed by atoms with Crippen molar-refractivity contribution in [2.24, 2.45) is 0 Å². The number of aryl methyl sites for hydroxylation is 1. The summed E-state index contributed by atoms with van der Waals surface area (Å²) in [5, 5.41) is 3.04. The van der Waals surface area contributed by atoms with Crippen molar-refractivity contribution < 1.29 is 22.7 Å². The van der Waals surface area contributed by atoms with Crippen LogP contribution in [-0.4, -0.2) is 12.0 Å². The van der Waals surface area contributed by atoms with Crippen LogP contribution in [0, 0.1) is 6.92 Å². The first-order valence-corrected chi connectivity index (χ1v) is 7.99. The summed E-state index contributed by atoms with van der Waals surface area (Å²) in [5.41, 5.74) is 0.0362. The van der Waals surface area contributed by atoms with E-state index in [0.717, 1.165) is 17.7 Å². The van der Waals surface area contributed by atoms with E-state index in [-0.39, 0.29) is 5.69 Å². The first-order chi connectivity index (χ1) is 11.7. The molecule has 0 saturated heterocycles. The summed E-state index contributed by atoms with van der Waals surface area (Å²) in [4.78, 5) is 12.3. The highest BCUT2D eigenvalue weighted by Crippen LogP contribution is 2.30. The minimum atomic E-state index is -4.47. The van der Waals surface area contributed by atoms with E-state index >= 15 is 0 Å². The highest BCUT2D eigenvalue weighted by Gasteiger charge is 2.30. The van der Waals surface area contributed by atoms with Gasteiger partial charge in [-0.15, -0.1) is 0 Å². The molecule has 0 bridgehead atoms. The molecule has 0 heterocycles. The van der Waals surface area contributed by atoms with Crippen LogP contribution in [-0.2, 0) is 11.0 Å². The molecule has 2 rings (SSSR count). The summed E-state index contributed by atoms with van der Waals surface area (Å²) in [6, 6.07) is 9.45. The number of halogens is 4. The van der Waals surface area contributed by atoms with E-state index in [2.05, 4.69) is 5.32 Å². The third kappa shape index (κ3) is 5.13. The molecular formula is C18H17ClF3NO2. The van der Waals surface area contributed by atoms with Crippen LogP contribution in [0.5, 0.6) is 5.75 Å². The third-order valence-corrected chi connectivity index (χ3v) is 3.95. The van der Waals surface area contributed by atoms with Gasteiger partial charge in [-0.05, 0) is 55.3 Å². The summed E-state index contributed by atoms with van der Waals surface area (Å²) in [7, 11) is 0. The molecule has 2 aromatic carbocycles. The van der Waals surface area contributed by atoms with E-state index in [1.54, 1.807) is 32.0 Å². The van der Waals surface area contributed by atoms with Crippen LogP contribution in [0.2, 0.25) is 5.02 Å². The minimum absolute atomic E-state index is 0.0640. The van der Waals surface area contributed by atoms with Crippen molar-refractivity contribution >= 4 is 23.2 Å². The van der Waals surface area contributed by atoms with Gasteiger partial charge in [-0.3, -0.25) is 4.79 Å². The molecule has 0 aromatic heterocycles. The maximum Gasteiger partial charge on any atom is 0.416 e. The molecule has 1 N–H and O–H groups in total. The zero-order valence-corrected chi connectivity index (χ0v) is 14.4. The number of anilines is 1. The Labute approximate surface area is 148 Å². The molecule has 1 atom stereocenters. The molecule has 7 heteroatoms. The van der Waals surface area contributed by atoms with Gasteiger partial charge in [0.15, 0.2) is 6.10 Å². The Morgan fingerprint density at radius 3 is 2.56 bits per heavy atom. The predicted molar refractivity (Wildman–Crippen MR) is 91.0 cm³/mol. The number of hydrogen-bond acceptors (Lipinski definition) is 2. The van der Waals surface area contributed by atoms with Gasteiger partial charge in [0.25, 0.3) is 5.91 Å². The lowest BCUT2D eigenvalue weighted by Crippen LogP contribution is -2.32. The summed E-state index contributed by atoms with van der Waals surface area (Å²) in [6.07, 6.45) is -4.95. The average molecular weight is 372 g/mol. The largest absolute Gasteiger partial charge is 0.481 e. The smallest absolute Gasteiger partial charge is 0.416 e. The van der Waals surface area contributed by atoms with Crippen LogP contribution in [0.25, 0.3) is 0 Å². The number of ether oxygens (including phenoxy) is 1.